The molecule has 0 amide bonds. The third-order valence-corrected chi connectivity index (χ3v) is 3.72. The van der Waals surface area contributed by atoms with Crippen LogP contribution in [0, 0.1) is 4.84 Å². The van der Waals surface area contributed by atoms with Crippen molar-refractivity contribution in [2.45, 2.75) is 19.9 Å². The molecule has 0 aliphatic heterocycles. The summed E-state index contributed by atoms with van der Waals surface area (Å²) in [7, 11) is 0. The Hall–Kier alpha value is -2.13. The van der Waals surface area contributed by atoms with Crippen molar-refractivity contribution in [2.24, 2.45) is 0 Å². The average molecular weight is 295 g/mol. The Bertz CT molecular complexity index is 785. The molecule has 0 bridgehead atoms. The van der Waals surface area contributed by atoms with Gasteiger partial charge in [0.2, 0.25) is 0 Å². The molecule has 0 fully saturated rings. The van der Waals surface area contributed by atoms with E-state index in [1.165, 1.54) is 0 Å². The number of benzene rings is 2. The maximum atomic E-state index is 5.93. The molecule has 0 saturated carbocycles. The van der Waals surface area contributed by atoms with E-state index in [0.29, 0.717) is 4.84 Å². The van der Waals surface area contributed by atoms with Crippen LogP contribution in [0.5, 0.6) is 0 Å². The lowest BCUT2D eigenvalue weighted by Gasteiger charge is -2.12. The molecule has 0 aliphatic rings. The number of oxazole rings is 1. The van der Waals surface area contributed by atoms with Gasteiger partial charge in [0, 0.05) is 17.2 Å². The van der Waals surface area contributed by atoms with Crippen LogP contribution >= 0.6 is 12.2 Å². The van der Waals surface area contributed by atoms with Gasteiger partial charge < -0.3 is 4.42 Å². The average Bonchev–Trinajstić information content (AvgIpc) is 2.86. The van der Waals surface area contributed by atoms with Gasteiger partial charge in [0.1, 0.15) is 0 Å². The van der Waals surface area contributed by atoms with Crippen molar-refractivity contribution < 1.29 is 4.42 Å². The Morgan fingerprint density at radius 3 is 1.90 bits per heavy atom. The van der Waals surface area contributed by atoms with E-state index in [0.717, 1.165) is 22.6 Å². The van der Waals surface area contributed by atoms with Crippen LogP contribution < -0.4 is 0 Å². The Balaban J connectivity index is 2.32. The molecule has 2 aromatic carbocycles. The topological polar surface area (TPSA) is 18.1 Å². The Morgan fingerprint density at radius 1 is 0.857 bits per heavy atom. The Morgan fingerprint density at radius 2 is 1.38 bits per heavy atom. The molecule has 106 valence electrons. The molecule has 2 nitrogen and oxygen atoms in total. The first-order chi connectivity index (χ1) is 10.2. The quantitative estimate of drug-likeness (QED) is 0.575. The summed E-state index contributed by atoms with van der Waals surface area (Å²) in [6.07, 6.45) is 0. The zero-order chi connectivity index (χ0) is 14.8. The van der Waals surface area contributed by atoms with Crippen LogP contribution in [0.15, 0.2) is 65.1 Å². The summed E-state index contributed by atoms with van der Waals surface area (Å²) in [6.45, 7) is 4.24. The smallest absolute Gasteiger partial charge is 0.269 e. The van der Waals surface area contributed by atoms with Gasteiger partial charge in [-0.3, -0.25) is 4.57 Å². The van der Waals surface area contributed by atoms with Crippen molar-refractivity contribution in [3.8, 4) is 22.6 Å². The highest BCUT2D eigenvalue weighted by molar-refractivity contribution is 7.71. The van der Waals surface area contributed by atoms with E-state index in [4.69, 9.17) is 16.6 Å². The summed E-state index contributed by atoms with van der Waals surface area (Å²) in [5.41, 5.74) is 3.20. The van der Waals surface area contributed by atoms with Crippen LogP contribution in [0.4, 0.5) is 0 Å². The number of hydrogen-bond acceptors (Lipinski definition) is 2. The van der Waals surface area contributed by atoms with Gasteiger partial charge in [0.05, 0.1) is 5.69 Å². The largest absolute Gasteiger partial charge is 0.429 e. The van der Waals surface area contributed by atoms with Crippen LogP contribution in [0.3, 0.4) is 0 Å². The minimum absolute atomic E-state index is 0.244. The third kappa shape index (κ3) is 2.57. The third-order valence-electron chi connectivity index (χ3n) is 3.44. The fourth-order valence-electron chi connectivity index (χ4n) is 2.51. The number of rotatable bonds is 3. The van der Waals surface area contributed by atoms with Gasteiger partial charge in [-0.15, -0.1) is 0 Å². The highest BCUT2D eigenvalue weighted by Gasteiger charge is 2.19. The maximum Gasteiger partial charge on any atom is 0.269 e. The summed E-state index contributed by atoms with van der Waals surface area (Å²) >= 11 is 5.43. The molecule has 1 heterocycles. The second-order valence-corrected chi connectivity index (χ2v) is 5.59. The van der Waals surface area contributed by atoms with Crippen molar-refractivity contribution >= 4 is 12.2 Å². The molecule has 3 heteroatoms. The minimum atomic E-state index is 0.244. The lowest BCUT2D eigenvalue weighted by molar-refractivity contribution is 0.490. The zero-order valence-electron chi connectivity index (χ0n) is 12.1. The van der Waals surface area contributed by atoms with Crippen molar-refractivity contribution in [3.63, 3.8) is 0 Å². The normalized spacial score (nSPS) is 11.0. The van der Waals surface area contributed by atoms with Crippen molar-refractivity contribution in [2.75, 3.05) is 0 Å². The van der Waals surface area contributed by atoms with Gasteiger partial charge in [-0.05, 0) is 26.1 Å². The lowest BCUT2D eigenvalue weighted by Crippen LogP contribution is -2.03. The van der Waals surface area contributed by atoms with Crippen molar-refractivity contribution in [3.05, 3.63) is 65.5 Å². The molecular formula is C18H17NOS. The molecule has 0 radical (unpaired) electrons. The molecule has 0 atom stereocenters. The summed E-state index contributed by atoms with van der Waals surface area (Å²) < 4.78 is 8.00. The van der Waals surface area contributed by atoms with Gasteiger partial charge in [-0.25, -0.2) is 0 Å². The standard InChI is InChI=1S/C18H17NOS/c1-13(2)19-16(14-9-5-3-6-10-14)17(20-18(19)21)15-11-7-4-8-12-15/h3-13H,1-2H3. The van der Waals surface area contributed by atoms with E-state index in [-0.39, 0.29) is 6.04 Å². The second kappa shape index (κ2) is 5.70. The predicted octanol–water partition coefficient (Wildman–Crippen LogP) is 5.73. The van der Waals surface area contributed by atoms with Crippen LogP contribution in [0.1, 0.15) is 19.9 Å². The summed E-state index contributed by atoms with van der Waals surface area (Å²) in [5, 5.41) is 0. The number of hydrogen-bond donors (Lipinski definition) is 0. The summed E-state index contributed by atoms with van der Waals surface area (Å²) in [4.78, 5) is 0.516. The maximum absolute atomic E-state index is 5.93. The molecular weight excluding hydrogens is 278 g/mol. The van der Waals surface area contributed by atoms with E-state index < -0.39 is 0 Å². The van der Waals surface area contributed by atoms with Crippen molar-refractivity contribution in [1.29, 1.82) is 0 Å². The van der Waals surface area contributed by atoms with E-state index in [2.05, 4.69) is 30.5 Å². The van der Waals surface area contributed by atoms with Crippen molar-refractivity contribution in [1.82, 2.24) is 4.57 Å². The molecule has 3 aromatic rings. The van der Waals surface area contributed by atoms with Crippen LogP contribution in [-0.2, 0) is 0 Å². The first-order valence-electron chi connectivity index (χ1n) is 7.04. The van der Waals surface area contributed by atoms with Gasteiger partial charge in [-0.1, -0.05) is 60.7 Å². The summed E-state index contributed by atoms with van der Waals surface area (Å²) in [6, 6.07) is 20.6. The van der Waals surface area contributed by atoms with Gasteiger partial charge in [0.15, 0.2) is 5.76 Å². The first-order valence-corrected chi connectivity index (χ1v) is 7.45. The first kappa shape index (κ1) is 13.8. The molecule has 0 N–H and O–H groups in total. The fraction of sp³-hybridized carbons (Fsp3) is 0.167. The number of aromatic nitrogens is 1. The minimum Gasteiger partial charge on any atom is -0.429 e. The monoisotopic (exact) mass is 295 g/mol. The molecule has 0 aliphatic carbocycles. The highest BCUT2D eigenvalue weighted by Crippen LogP contribution is 2.35. The highest BCUT2D eigenvalue weighted by atomic mass is 32.1. The Kier molecular flexibility index (Phi) is 3.76. The van der Waals surface area contributed by atoms with Gasteiger partial charge in [-0.2, -0.15) is 0 Å². The SMILES string of the molecule is CC(C)n1c(-c2ccccc2)c(-c2ccccc2)oc1=S. The molecule has 3 rings (SSSR count). The molecule has 0 unspecified atom stereocenters. The van der Waals surface area contributed by atoms with Gasteiger partial charge >= 0.3 is 0 Å². The molecule has 0 saturated heterocycles. The predicted molar refractivity (Wildman–Crippen MR) is 88.8 cm³/mol. The van der Waals surface area contributed by atoms with E-state index in [1.54, 1.807) is 0 Å². The molecule has 1 aromatic heterocycles. The Labute approximate surface area is 129 Å². The molecule has 0 spiro atoms. The van der Waals surface area contributed by atoms with Crippen LogP contribution in [0.2, 0.25) is 0 Å². The van der Waals surface area contributed by atoms with E-state index in [1.807, 2.05) is 48.5 Å². The van der Waals surface area contributed by atoms with E-state index >= 15 is 0 Å². The zero-order valence-corrected chi connectivity index (χ0v) is 12.9. The fourth-order valence-corrected chi connectivity index (χ4v) is 2.89. The van der Waals surface area contributed by atoms with Gasteiger partial charge in [0.25, 0.3) is 4.84 Å². The summed E-state index contributed by atoms with van der Waals surface area (Å²) in [5.74, 6) is 0.834. The van der Waals surface area contributed by atoms with Crippen LogP contribution in [-0.4, -0.2) is 4.57 Å². The van der Waals surface area contributed by atoms with Crippen LogP contribution in [0.25, 0.3) is 22.6 Å². The second-order valence-electron chi connectivity index (χ2n) is 5.24. The van der Waals surface area contributed by atoms with E-state index in [9.17, 15) is 0 Å². The number of nitrogens with zero attached hydrogens (tertiary/aromatic N) is 1. The lowest BCUT2D eigenvalue weighted by atomic mass is 10.1. The molecule has 21 heavy (non-hydrogen) atoms.